The van der Waals surface area contributed by atoms with Gasteiger partial charge in [0, 0.05) is 37.1 Å². The van der Waals surface area contributed by atoms with Gasteiger partial charge in [0.1, 0.15) is 0 Å². The molecule has 2 heterocycles. The van der Waals surface area contributed by atoms with E-state index in [-0.39, 0.29) is 17.9 Å². The Labute approximate surface area is 136 Å². The first-order chi connectivity index (χ1) is 11.1. The predicted octanol–water partition coefficient (Wildman–Crippen LogP) is 3.48. The number of hydrogen-bond acceptors (Lipinski definition) is 4. The average molecular weight is 317 g/mol. The number of carbonyl (C=O) groups excluding carboxylic acids is 1. The molecule has 2 aliphatic heterocycles. The van der Waals surface area contributed by atoms with Crippen LogP contribution in [-0.4, -0.2) is 24.4 Å². The molecule has 1 aromatic carbocycles. The lowest BCUT2D eigenvalue weighted by molar-refractivity contribution is -0.124. The third kappa shape index (κ3) is 2.90. The third-order valence-corrected chi connectivity index (χ3v) is 5.02. The normalized spacial score (nSPS) is 28.0. The number of ether oxygens (including phenoxy) is 3. The number of benzene rings is 1. The summed E-state index contributed by atoms with van der Waals surface area (Å²) in [5.74, 6) is 1.15. The van der Waals surface area contributed by atoms with Gasteiger partial charge in [-0.3, -0.25) is 4.79 Å². The molecular weight excluding hydrogens is 294 g/mol. The summed E-state index contributed by atoms with van der Waals surface area (Å²) in [4.78, 5) is 12.4. The van der Waals surface area contributed by atoms with Crippen LogP contribution >= 0.6 is 0 Å². The standard InChI is InChI=1S/C18H23NO4/c1-12-10-13(6-9-21-12)17(20)19-14-4-5-15-16(11-14)23-18(22-15)7-2-3-8-18/h4-5,11-13H,2-3,6-10H2,1H3,(H,19,20)/t12-,13+/m0/s1. The first-order valence-corrected chi connectivity index (χ1v) is 8.58. The largest absolute Gasteiger partial charge is 0.448 e. The lowest BCUT2D eigenvalue weighted by atomic mass is 9.95. The molecule has 0 aromatic heterocycles. The zero-order valence-electron chi connectivity index (χ0n) is 13.5. The van der Waals surface area contributed by atoms with Crippen molar-refractivity contribution in [3.63, 3.8) is 0 Å². The smallest absolute Gasteiger partial charge is 0.251 e. The highest BCUT2D eigenvalue weighted by molar-refractivity contribution is 5.93. The van der Waals surface area contributed by atoms with E-state index in [9.17, 15) is 4.79 Å². The van der Waals surface area contributed by atoms with Crippen LogP contribution in [0.15, 0.2) is 18.2 Å². The number of hydrogen-bond donors (Lipinski definition) is 1. The van der Waals surface area contributed by atoms with Crippen LogP contribution in [0.1, 0.15) is 45.4 Å². The molecule has 1 aliphatic carbocycles. The molecule has 1 aromatic rings. The maximum absolute atomic E-state index is 12.4. The van der Waals surface area contributed by atoms with Gasteiger partial charge in [0.05, 0.1) is 6.10 Å². The number of carbonyl (C=O) groups is 1. The maximum atomic E-state index is 12.4. The van der Waals surface area contributed by atoms with Crippen LogP contribution in [-0.2, 0) is 9.53 Å². The van der Waals surface area contributed by atoms with Gasteiger partial charge in [-0.25, -0.2) is 0 Å². The van der Waals surface area contributed by atoms with Crippen molar-refractivity contribution < 1.29 is 19.0 Å². The second-order valence-electron chi connectivity index (χ2n) is 6.88. The monoisotopic (exact) mass is 317 g/mol. The molecule has 23 heavy (non-hydrogen) atoms. The van der Waals surface area contributed by atoms with Crippen LogP contribution < -0.4 is 14.8 Å². The van der Waals surface area contributed by atoms with Crippen LogP contribution in [0.5, 0.6) is 11.5 Å². The minimum atomic E-state index is -0.457. The first kappa shape index (κ1) is 14.8. The van der Waals surface area contributed by atoms with E-state index in [1.165, 1.54) is 0 Å². The van der Waals surface area contributed by atoms with Gasteiger partial charge in [-0.2, -0.15) is 0 Å². The molecule has 4 rings (SSSR count). The van der Waals surface area contributed by atoms with E-state index >= 15 is 0 Å². The van der Waals surface area contributed by atoms with E-state index in [0.29, 0.717) is 6.61 Å². The van der Waals surface area contributed by atoms with Crippen LogP contribution in [0, 0.1) is 5.92 Å². The minimum Gasteiger partial charge on any atom is -0.448 e. The topological polar surface area (TPSA) is 56.8 Å². The van der Waals surface area contributed by atoms with E-state index in [4.69, 9.17) is 14.2 Å². The van der Waals surface area contributed by atoms with Crippen LogP contribution in [0.2, 0.25) is 0 Å². The highest BCUT2D eigenvalue weighted by Gasteiger charge is 2.44. The summed E-state index contributed by atoms with van der Waals surface area (Å²) in [6, 6.07) is 5.66. The van der Waals surface area contributed by atoms with Gasteiger partial charge >= 0.3 is 0 Å². The fourth-order valence-corrected chi connectivity index (χ4v) is 3.77. The molecular formula is C18H23NO4. The summed E-state index contributed by atoms with van der Waals surface area (Å²) >= 11 is 0. The lowest BCUT2D eigenvalue weighted by Gasteiger charge is -2.26. The van der Waals surface area contributed by atoms with Gasteiger partial charge in [-0.1, -0.05) is 0 Å². The Hall–Kier alpha value is -1.75. The SMILES string of the molecule is C[C@H]1C[C@H](C(=O)Nc2ccc3c(c2)OC2(CCCC2)O3)CCO1. The molecule has 5 nitrogen and oxygen atoms in total. The zero-order chi connectivity index (χ0) is 15.9. The van der Waals surface area contributed by atoms with Crippen molar-refractivity contribution in [3.05, 3.63) is 18.2 Å². The second kappa shape index (κ2) is 5.71. The number of rotatable bonds is 2. The van der Waals surface area contributed by atoms with E-state index in [1.807, 2.05) is 25.1 Å². The number of fused-ring (bicyclic) bond motifs is 1. The lowest BCUT2D eigenvalue weighted by Crippen LogP contribution is -2.34. The summed E-state index contributed by atoms with van der Waals surface area (Å²) in [6.07, 6.45) is 5.85. The van der Waals surface area contributed by atoms with E-state index in [0.717, 1.165) is 55.7 Å². The second-order valence-corrected chi connectivity index (χ2v) is 6.88. The average Bonchev–Trinajstić information content (AvgIpc) is 3.13. The predicted molar refractivity (Wildman–Crippen MR) is 85.7 cm³/mol. The van der Waals surface area contributed by atoms with Crippen LogP contribution in [0.3, 0.4) is 0 Å². The molecule has 0 radical (unpaired) electrons. The molecule has 1 amide bonds. The Bertz CT molecular complexity index is 609. The Balaban J connectivity index is 1.44. The van der Waals surface area contributed by atoms with Crippen molar-refractivity contribution in [1.82, 2.24) is 0 Å². The molecule has 5 heteroatoms. The molecule has 1 spiro atoms. The van der Waals surface area contributed by atoms with Crippen LogP contribution in [0.4, 0.5) is 5.69 Å². The summed E-state index contributed by atoms with van der Waals surface area (Å²) in [5, 5.41) is 3.01. The fraction of sp³-hybridized carbons (Fsp3) is 0.611. The molecule has 1 saturated carbocycles. The van der Waals surface area contributed by atoms with Gasteiger partial charge in [0.25, 0.3) is 5.79 Å². The molecule has 2 atom stereocenters. The molecule has 1 N–H and O–H groups in total. The first-order valence-electron chi connectivity index (χ1n) is 8.58. The van der Waals surface area contributed by atoms with Gasteiger partial charge in [0.2, 0.25) is 5.91 Å². The number of amides is 1. The molecule has 3 aliphatic rings. The van der Waals surface area contributed by atoms with Crippen molar-refractivity contribution in [3.8, 4) is 11.5 Å². The summed E-state index contributed by atoms with van der Waals surface area (Å²) in [6.45, 7) is 2.67. The highest BCUT2D eigenvalue weighted by atomic mass is 16.7. The third-order valence-electron chi connectivity index (χ3n) is 5.02. The maximum Gasteiger partial charge on any atom is 0.251 e. The van der Waals surface area contributed by atoms with E-state index in [1.54, 1.807) is 0 Å². The fourth-order valence-electron chi connectivity index (χ4n) is 3.77. The van der Waals surface area contributed by atoms with Crippen molar-refractivity contribution in [2.24, 2.45) is 5.92 Å². The minimum absolute atomic E-state index is 0.0188. The van der Waals surface area contributed by atoms with Gasteiger partial charge in [-0.15, -0.1) is 0 Å². The zero-order valence-corrected chi connectivity index (χ0v) is 13.5. The van der Waals surface area contributed by atoms with Crippen molar-refractivity contribution in [2.45, 2.75) is 57.3 Å². The van der Waals surface area contributed by atoms with Crippen molar-refractivity contribution in [2.75, 3.05) is 11.9 Å². The Kier molecular flexibility index (Phi) is 3.68. The number of anilines is 1. The Morgan fingerprint density at radius 3 is 2.78 bits per heavy atom. The summed E-state index contributed by atoms with van der Waals surface area (Å²) in [5.41, 5.74) is 0.770. The summed E-state index contributed by atoms with van der Waals surface area (Å²) in [7, 11) is 0. The summed E-state index contributed by atoms with van der Waals surface area (Å²) < 4.78 is 17.5. The van der Waals surface area contributed by atoms with E-state index in [2.05, 4.69) is 5.32 Å². The molecule has 1 saturated heterocycles. The number of nitrogens with one attached hydrogen (secondary N) is 1. The van der Waals surface area contributed by atoms with Crippen molar-refractivity contribution >= 4 is 11.6 Å². The van der Waals surface area contributed by atoms with Gasteiger partial charge in [0.15, 0.2) is 11.5 Å². The molecule has 0 bridgehead atoms. The van der Waals surface area contributed by atoms with E-state index < -0.39 is 5.79 Å². The molecule has 0 unspecified atom stereocenters. The Morgan fingerprint density at radius 2 is 2.00 bits per heavy atom. The van der Waals surface area contributed by atoms with Crippen LogP contribution in [0.25, 0.3) is 0 Å². The van der Waals surface area contributed by atoms with Gasteiger partial charge in [-0.05, 0) is 44.7 Å². The Morgan fingerprint density at radius 1 is 1.22 bits per heavy atom. The van der Waals surface area contributed by atoms with Crippen molar-refractivity contribution in [1.29, 1.82) is 0 Å². The van der Waals surface area contributed by atoms with Gasteiger partial charge < -0.3 is 19.5 Å². The highest BCUT2D eigenvalue weighted by Crippen LogP contribution is 2.47. The molecule has 124 valence electrons. The quantitative estimate of drug-likeness (QED) is 0.907. The molecule has 2 fully saturated rings.